The smallest absolute Gasteiger partial charge is 0.227 e. The number of hydrogen-bond acceptors (Lipinski definition) is 4. The highest BCUT2D eigenvalue weighted by Gasteiger charge is 2.16. The van der Waals surface area contributed by atoms with E-state index >= 15 is 0 Å². The van der Waals surface area contributed by atoms with Crippen LogP contribution in [0.4, 0.5) is 0 Å². The van der Waals surface area contributed by atoms with Gasteiger partial charge >= 0.3 is 0 Å². The first-order valence-corrected chi connectivity index (χ1v) is 8.25. The van der Waals surface area contributed by atoms with Crippen LogP contribution < -0.4 is 4.74 Å². The van der Waals surface area contributed by atoms with Gasteiger partial charge in [-0.05, 0) is 49.1 Å². The minimum atomic E-state index is -0.0242. The molecular formula is C18H21NO3S. The molecule has 0 spiro atoms. The van der Waals surface area contributed by atoms with Gasteiger partial charge in [-0.25, -0.2) is 0 Å². The number of nitrogens with zero attached hydrogens (tertiary/aromatic N) is 1. The second kappa shape index (κ2) is 7.42. The highest BCUT2D eigenvalue weighted by molar-refractivity contribution is 7.10. The second-order valence-electron chi connectivity index (χ2n) is 5.54. The third kappa shape index (κ3) is 4.20. The number of carbonyl (C=O) groups excluding carboxylic acids is 2. The molecule has 2 rings (SSSR count). The third-order valence-electron chi connectivity index (χ3n) is 3.80. The van der Waals surface area contributed by atoms with Gasteiger partial charge in [0.05, 0.1) is 20.1 Å². The lowest BCUT2D eigenvalue weighted by Gasteiger charge is -2.18. The molecule has 0 fully saturated rings. The highest BCUT2D eigenvalue weighted by atomic mass is 32.1. The van der Waals surface area contributed by atoms with Gasteiger partial charge in [0.1, 0.15) is 5.75 Å². The molecule has 0 saturated heterocycles. The van der Waals surface area contributed by atoms with E-state index in [9.17, 15) is 9.59 Å². The van der Waals surface area contributed by atoms with E-state index in [2.05, 4.69) is 6.07 Å². The fourth-order valence-electron chi connectivity index (χ4n) is 2.30. The van der Waals surface area contributed by atoms with Crippen molar-refractivity contribution in [3.05, 3.63) is 51.2 Å². The SMILES string of the molecule is COc1ccc(C(C)=O)cc1CC(=O)N(C)Cc1sccc1C. The van der Waals surface area contributed by atoms with Crippen molar-refractivity contribution in [3.8, 4) is 5.75 Å². The molecule has 1 aromatic heterocycles. The van der Waals surface area contributed by atoms with Crippen molar-refractivity contribution in [2.45, 2.75) is 26.8 Å². The first-order valence-electron chi connectivity index (χ1n) is 7.37. The van der Waals surface area contributed by atoms with Crippen LogP contribution in [0.25, 0.3) is 0 Å². The molecule has 23 heavy (non-hydrogen) atoms. The van der Waals surface area contributed by atoms with Crippen molar-refractivity contribution in [2.24, 2.45) is 0 Å². The molecule has 0 bridgehead atoms. The van der Waals surface area contributed by atoms with Crippen molar-refractivity contribution < 1.29 is 14.3 Å². The number of Topliss-reactive ketones (excluding diaryl/α,β-unsaturated/α-hetero) is 1. The molecule has 0 N–H and O–H groups in total. The molecule has 2 aromatic rings. The number of benzene rings is 1. The molecule has 4 nitrogen and oxygen atoms in total. The minimum Gasteiger partial charge on any atom is -0.496 e. The van der Waals surface area contributed by atoms with Crippen LogP contribution in [-0.4, -0.2) is 30.7 Å². The lowest BCUT2D eigenvalue weighted by molar-refractivity contribution is -0.129. The molecule has 0 saturated carbocycles. The molecular weight excluding hydrogens is 310 g/mol. The molecule has 1 heterocycles. The summed E-state index contributed by atoms with van der Waals surface area (Å²) in [5.41, 5.74) is 2.52. The lowest BCUT2D eigenvalue weighted by Crippen LogP contribution is -2.27. The summed E-state index contributed by atoms with van der Waals surface area (Å²) >= 11 is 1.65. The summed E-state index contributed by atoms with van der Waals surface area (Å²) in [6.07, 6.45) is 0.214. The second-order valence-corrected chi connectivity index (χ2v) is 6.54. The van der Waals surface area contributed by atoms with Gasteiger partial charge in [-0.3, -0.25) is 9.59 Å². The summed E-state index contributed by atoms with van der Waals surface area (Å²) in [5, 5.41) is 2.03. The van der Waals surface area contributed by atoms with E-state index in [4.69, 9.17) is 4.74 Å². The van der Waals surface area contributed by atoms with Gasteiger partial charge in [-0.2, -0.15) is 0 Å². The van der Waals surface area contributed by atoms with Crippen LogP contribution in [0.3, 0.4) is 0 Å². The van der Waals surface area contributed by atoms with Crippen molar-refractivity contribution in [1.29, 1.82) is 0 Å². The van der Waals surface area contributed by atoms with E-state index in [1.807, 2.05) is 12.3 Å². The molecule has 0 atom stereocenters. The first-order chi connectivity index (χ1) is 10.9. The molecule has 0 radical (unpaired) electrons. The Morgan fingerprint density at radius 2 is 2.00 bits per heavy atom. The molecule has 5 heteroatoms. The number of thiophene rings is 1. The van der Waals surface area contributed by atoms with Crippen LogP contribution in [0.15, 0.2) is 29.6 Å². The van der Waals surface area contributed by atoms with Gasteiger partial charge in [-0.15, -0.1) is 11.3 Å². The molecule has 1 aromatic carbocycles. The third-order valence-corrected chi connectivity index (χ3v) is 4.81. The Bertz CT molecular complexity index is 721. The van der Waals surface area contributed by atoms with Crippen LogP contribution in [0, 0.1) is 6.92 Å². The van der Waals surface area contributed by atoms with E-state index in [1.165, 1.54) is 17.4 Å². The molecule has 0 aliphatic rings. The van der Waals surface area contributed by atoms with Crippen LogP contribution in [0.2, 0.25) is 0 Å². The van der Waals surface area contributed by atoms with E-state index in [-0.39, 0.29) is 18.1 Å². The zero-order valence-electron chi connectivity index (χ0n) is 13.9. The highest BCUT2D eigenvalue weighted by Crippen LogP contribution is 2.22. The fourth-order valence-corrected chi connectivity index (χ4v) is 3.26. The first kappa shape index (κ1) is 17.2. The van der Waals surface area contributed by atoms with Crippen molar-refractivity contribution >= 4 is 23.0 Å². The van der Waals surface area contributed by atoms with Gasteiger partial charge in [-0.1, -0.05) is 0 Å². The summed E-state index contributed by atoms with van der Waals surface area (Å²) in [6, 6.07) is 7.25. The minimum absolute atomic E-state index is 0.00296. The molecule has 0 unspecified atom stereocenters. The molecule has 1 amide bonds. The van der Waals surface area contributed by atoms with Crippen molar-refractivity contribution in [3.63, 3.8) is 0 Å². The van der Waals surface area contributed by atoms with E-state index in [0.717, 1.165) is 5.56 Å². The number of rotatable bonds is 6. The Balaban J connectivity index is 2.14. The van der Waals surface area contributed by atoms with Gasteiger partial charge in [0.15, 0.2) is 5.78 Å². The van der Waals surface area contributed by atoms with E-state index in [0.29, 0.717) is 17.9 Å². The Hall–Kier alpha value is -2.14. The number of carbonyl (C=O) groups is 2. The maximum atomic E-state index is 12.5. The monoisotopic (exact) mass is 331 g/mol. The Kier molecular flexibility index (Phi) is 5.55. The van der Waals surface area contributed by atoms with Gasteiger partial charge in [0.25, 0.3) is 0 Å². The molecule has 0 aliphatic carbocycles. The number of hydrogen-bond donors (Lipinski definition) is 0. The number of methoxy groups -OCH3 is 1. The Morgan fingerprint density at radius 3 is 2.57 bits per heavy atom. The summed E-state index contributed by atoms with van der Waals surface area (Å²) in [4.78, 5) is 26.9. The fraction of sp³-hybridized carbons (Fsp3) is 0.333. The Labute approximate surface area is 140 Å². The maximum absolute atomic E-state index is 12.5. The largest absolute Gasteiger partial charge is 0.496 e. The van der Waals surface area contributed by atoms with Crippen LogP contribution in [-0.2, 0) is 17.8 Å². The average Bonchev–Trinajstić information content (AvgIpc) is 2.92. The van der Waals surface area contributed by atoms with Crippen LogP contribution >= 0.6 is 11.3 Å². The molecule has 0 aliphatic heterocycles. The average molecular weight is 331 g/mol. The van der Waals surface area contributed by atoms with Crippen LogP contribution in [0.1, 0.15) is 33.3 Å². The summed E-state index contributed by atoms with van der Waals surface area (Å²) in [7, 11) is 3.36. The standard InChI is InChI=1S/C18H21NO3S/c1-12-7-8-23-17(12)11-19(3)18(21)10-15-9-14(13(2)20)5-6-16(15)22-4/h5-9H,10-11H2,1-4H3. The van der Waals surface area contributed by atoms with Crippen LogP contribution in [0.5, 0.6) is 5.75 Å². The Morgan fingerprint density at radius 1 is 1.26 bits per heavy atom. The zero-order chi connectivity index (χ0) is 17.0. The predicted octanol–water partition coefficient (Wildman–Crippen LogP) is 3.47. The van der Waals surface area contributed by atoms with E-state index < -0.39 is 0 Å². The number of aryl methyl sites for hydroxylation is 1. The lowest BCUT2D eigenvalue weighted by atomic mass is 10.0. The number of amides is 1. The number of ether oxygens (including phenoxy) is 1. The summed E-state index contributed by atoms with van der Waals surface area (Å²) < 4.78 is 5.31. The predicted molar refractivity (Wildman–Crippen MR) is 92.2 cm³/mol. The molecule has 122 valence electrons. The van der Waals surface area contributed by atoms with Crippen molar-refractivity contribution in [1.82, 2.24) is 4.90 Å². The number of likely N-dealkylation sites (N-methyl/N-ethyl adjacent to an activating group) is 1. The summed E-state index contributed by atoms with van der Waals surface area (Å²) in [5.74, 6) is 0.602. The quantitative estimate of drug-likeness (QED) is 0.762. The zero-order valence-corrected chi connectivity index (χ0v) is 14.7. The maximum Gasteiger partial charge on any atom is 0.227 e. The summed E-state index contributed by atoms with van der Waals surface area (Å²) in [6.45, 7) is 4.15. The number of ketones is 1. The van der Waals surface area contributed by atoms with E-state index in [1.54, 1.807) is 48.6 Å². The van der Waals surface area contributed by atoms with Gasteiger partial charge < -0.3 is 9.64 Å². The van der Waals surface area contributed by atoms with Crippen molar-refractivity contribution in [2.75, 3.05) is 14.2 Å². The van der Waals surface area contributed by atoms with Gasteiger partial charge in [0.2, 0.25) is 5.91 Å². The van der Waals surface area contributed by atoms with Gasteiger partial charge in [0, 0.05) is 23.1 Å². The normalized spacial score (nSPS) is 10.4. The topological polar surface area (TPSA) is 46.6 Å².